The molecule has 0 aliphatic rings. The van der Waals surface area contributed by atoms with Gasteiger partial charge >= 0.3 is 0 Å². The van der Waals surface area contributed by atoms with Gasteiger partial charge in [0, 0.05) is 31.3 Å². The Labute approximate surface area is 171 Å². The van der Waals surface area contributed by atoms with Crippen molar-refractivity contribution in [2.24, 2.45) is 5.73 Å². The predicted octanol–water partition coefficient (Wildman–Crippen LogP) is 0.461. The second-order valence-corrected chi connectivity index (χ2v) is 6.95. The van der Waals surface area contributed by atoms with Crippen molar-refractivity contribution in [2.45, 2.75) is 32.1 Å². The second kappa shape index (κ2) is 9.12. The van der Waals surface area contributed by atoms with Crippen molar-refractivity contribution in [1.82, 2.24) is 9.55 Å². The van der Waals surface area contributed by atoms with Crippen LogP contribution in [0.4, 0.5) is 4.39 Å². The summed E-state index contributed by atoms with van der Waals surface area (Å²) in [5, 5.41) is 28.1. The van der Waals surface area contributed by atoms with E-state index in [-0.39, 0.29) is 42.0 Å². The third kappa shape index (κ3) is 4.54. The van der Waals surface area contributed by atoms with Crippen molar-refractivity contribution in [1.29, 1.82) is 0 Å². The maximum Gasteiger partial charge on any atom is 0.264 e. The zero-order valence-electron chi connectivity index (χ0n) is 16.1. The number of rotatable bonds is 8. The molecule has 5 N–H and O–H groups in total. The van der Waals surface area contributed by atoms with E-state index in [9.17, 15) is 29.3 Å². The molecule has 0 unspecified atom stereocenters. The number of aliphatic hydroxyl groups excluding tert-OH is 2. The number of nitrogens with two attached hydrogens (primary N) is 1. The standard InChI is InChI=1S/C21H22FN3O5/c22-14-4-2-12(3-5-14)8-13-9-16-19(24-11-13)15(10-17(27)28)18(20(23)29)21(30)25(16)6-1-7-26/h2-5,9,11,17,26-28H,1,6-8,10H2,(H2,23,29). The molecule has 2 aromatic heterocycles. The lowest BCUT2D eigenvalue weighted by Gasteiger charge is -2.17. The van der Waals surface area contributed by atoms with Gasteiger partial charge in [-0.15, -0.1) is 0 Å². The number of halogens is 1. The fraction of sp³-hybridized carbons (Fsp3) is 0.286. The van der Waals surface area contributed by atoms with E-state index in [1.807, 2.05) is 0 Å². The van der Waals surface area contributed by atoms with Gasteiger partial charge in [0.2, 0.25) is 0 Å². The first-order valence-corrected chi connectivity index (χ1v) is 9.37. The number of aliphatic hydroxyl groups is 3. The average molecular weight is 415 g/mol. The normalized spacial score (nSPS) is 11.4. The zero-order valence-corrected chi connectivity index (χ0v) is 16.1. The van der Waals surface area contributed by atoms with E-state index in [1.165, 1.54) is 16.7 Å². The second-order valence-electron chi connectivity index (χ2n) is 6.95. The molecule has 30 heavy (non-hydrogen) atoms. The topological polar surface area (TPSA) is 139 Å². The van der Waals surface area contributed by atoms with Gasteiger partial charge in [0.1, 0.15) is 11.4 Å². The van der Waals surface area contributed by atoms with Gasteiger partial charge in [0.05, 0.1) is 11.0 Å². The van der Waals surface area contributed by atoms with Gasteiger partial charge in [-0.3, -0.25) is 14.6 Å². The van der Waals surface area contributed by atoms with Gasteiger partial charge in [-0.05, 0) is 42.2 Å². The minimum atomic E-state index is -1.81. The van der Waals surface area contributed by atoms with E-state index in [1.54, 1.807) is 24.4 Å². The molecule has 1 amide bonds. The van der Waals surface area contributed by atoms with Crippen LogP contribution < -0.4 is 11.3 Å². The summed E-state index contributed by atoms with van der Waals surface area (Å²) < 4.78 is 14.5. The average Bonchev–Trinajstić information content (AvgIpc) is 2.69. The Balaban J connectivity index is 2.22. The van der Waals surface area contributed by atoms with Crippen LogP contribution in [0, 0.1) is 5.82 Å². The Morgan fingerprint density at radius 3 is 2.50 bits per heavy atom. The molecule has 0 atom stereocenters. The lowest BCUT2D eigenvalue weighted by Crippen LogP contribution is -2.33. The summed E-state index contributed by atoms with van der Waals surface area (Å²) in [7, 11) is 0. The SMILES string of the molecule is NC(=O)c1c(CC(O)O)c2ncc(Cc3ccc(F)cc3)cc2n(CCCO)c1=O. The summed E-state index contributed by atoms with van der Waals surface area (Å²) in [4.78, 5) is 29.3. The summed E-state index contributed by atoms with van der Waals surface area (Å²) in [6, 6.07) is 7.69. The van der Waals surface area contributed by atoms with Crippen LogP contribution in [0.25, 0.3) is 11.0 Å². The molecule has 8 nitrogen and oxygen atoms in total. The molecule has 0 spiro atoms. The van der Waals surface area contributed by atoms with Crippen molar-refractivity contribution in [3.63, 3.8) is 0 Å². The monoisotopic (exact) mass is 415 g/mol. The third-order valence-corrected chi connectivity index (χ3v) is 4.76. The molecular formula is C21H22FN3O5. The van der Waals surface area contributed by atoms with Crippen molar-refractivity contribution < 1.29 is 24.5 Å². The number of fused-ring (bicyclic) bond motifs is 1. The van der Waals surface area contributed by atoms with Crippen LogP contribution >= 0.6 is 0 Å². The Hall–Kier alpha value is -3.14. The number of nitrogens with zero attached hydrogens (tertiary/aromatic N) is 2. The van der Waals surface area contributed by atoms with Crippen molar-refractivity contribution >= 4 is 16.9 Å². The Morgan fingerprint density at radius 2 is 1.90 bits per heavy atom. The molecule has 0 aliphatic heterocycles. The maximum atomic E-state index is 13.2. The van der Waals surface area contributed by atoms with Crippen LogP contribution in [0.15, 0.2) is 41.3 Å². The van der Waals surface area contributed by atoms with Crippen LogP contribution in [0.5, 0.6) is 0 Å². The number of hydrogen-bond donors (Lipinski definition) is 4. The Kier molecular flexibility index (Phi) is 6.56. The molecule has 0 fully saturated rings. The number of carbonyl (C=O) groups is 1. The number of amides is 1. The lowest BCUT2D eigenvalue weighted by molar-refractivity contribution is -0.0380. The molecule has 0 saturated heterocycles. The van der Waals surface area contributed by atoms with Crippen molar-refractivity contribution in [3.05, 3.63) is 75.0 Å². The van der Waals surface area contributed by atoms with Crippen LogP contribution in [-0.4, -0.2) is 43.7 Å². The molecule has 0 bridgehead atoms. The van der Waals surface area contributed by atoms with E-state index in [0.717, 1.165) is 11.1 Å². The Bertz CT molecular complexity index is 1130. The van der Waals surface area contributed by atoms with Gasteiger partial charge in [-0.2, -0.15) is 0 Å². The molecule has 3 aromatic rings. The Morgan fingerprint density at radius 1 is 1.20 bits per heavy atom. The van der Waals surface area contributed by atoms with Crippen LogP contribution in [-0.2, 0) is 19.4 Å². The molecule has 158 valence electrons. The van der Waals surface area contributed by atoms with E-state index in [4.69, 9.17) is 5.73 Å². The van der Waals surface area contributed by atoms with Crippen molar-refractivity contribution in [2.75, 3.05) is 6.61 Å². The van der Waals surface area contributed by atoms with Gasteiger partial charge in [0.25, 0.3) is 11.5 Å². The van der Waals surface area contributed by atoms with Crippen molar-refractivity contribution in [3.8, 4) is 0 Å². The maximum absolute atomic E-state index is 13.2. The number of hydrogen-bond acceptors (Lipinski definition) is 6. The third-order valence-electron chi connectivity index (χ3n) is 4.76. The fourth-order valence-corrected chi connectivity index (χ4v) is 3.45. The number of pyridine rings is 2. The molecule has 0 radical (unpaired) electrons. The van der Waals surface area contributed by atoms with E-state index in [0.29, 0.717) is 11.9 Å². The highest BCUT2D eigenvalue weighted by atomic mass is 19.1. The van der Waals surface area contributed by atoms with E-state index in [2.05, 4.69) is 4.98 Å². The molecule has 9 heteroatoms. The summed E-state index contributed by atoms with van der Waals surface area (Å²) in [5.74, 6) is -1.34. The summed E-state index contributed by atoms with van der Waals surface area (Å²) in [6.45, 7) is -0.0462. The first-order chi connectivity index (χ1) is 14.3. The quantitative estimate of drug-likeness (QED) is 0.394. The summed E-state index contributed by atoms with van der Waals surface area (Å²) >= 11 is 0. The largest absolute Gasteiger partial charge is 0.396 e. The first kappa shape index (κ1) is 21.6. The van der Waals surface area contributed by atoms with Gasteiger partial charge < -0.3 is 25.6 Å². The molecule has 2 heterocycles. The van der Waals surface area contributed by atoms with Crippen LogP contribution in [0.2, 0.25) is 0 Å². The summed E-state index contributed by atoms with van der Waals surface area (Å²) in [6.07, 6.45) is 0.0315. The highest BCUT2D eigenvalue weighted by molar-refractivity contribution is 5.98. The molecule has 0 saturated carbocycles. The predicted molar refractivity (Wildman–Crippen MR) is 107 cm³/mol. The first-order valence-electron chi connectivity index (χ1n) is 9.37. The zero-order chi connectivity index (χ0) is 21.8. The fourth-order valence-electron chi connectivity index (χ4n) is 3.45. The lowest BCUT2D eigenvalue weighted by atomic mass is 10.0. The number of aryl methyl sites for hydroxylation is 1. The van der Waals surface area contributed by atoms with E-state index < -0.39 is 24.2 Å². The van der Waals surface area contributed by atoms with Gasteiger partial charge in [0.15, 0.2) is 6.29 Å². The molecule has 1 aromatic carbocycles. The smallest absolute Gasteiger partial charge is 0.264 e. The minimum Gasteiger partial charge on any atom is -0.396 e. The van der Waals surface area contributed by atoms with Gasteiger partial charge in [-0.1, -0.05) is 12.1 Å². The molecule has 0 aliphatic carbocycles. The number of aromatic nitrogens is 2. The molecular weight excluding hydrogens is 393 g/mol. The minimum absolute atomic E-state index is 0.0612. The number of primary amides is 1. The number of benzene rings is 1. The van der Waals surface area contributed by atoms with Gasteiger partial charge in [-0.25, -0.2) is 4.39 Å². The highest BCUT2D eigenvalue weighted by Gasteiger charge is 2.23. The highest BCUT2D eigenvalue weighted by Crippen LogP contribution is 2.22. The number of carbonyl (C=O) groups excluding carboxylic acids is 1. The van der Waals surface area contributed by atoms with Crippen LogP contribution in [0.3, 0.4) is 0 Å². The summed E-state index contributed by atoms with van der Waals surface area (Å²) in [5.41, 5.74) is 6.62. The van der Waals surface area contributed by atoms with E-state index >= 15 is 0 Å². The molecule has 3 rings (SSSR count). The van der Waals surface area contributed by atoms with Crippen LogP contribution in [0.1, 0.15) is 33.5 Å².